The first-order valence-corrected chi connectivity index (χ1v) is 14.7. The summed E-state index contributed by atoms with van der Waals surface area (Å²) in [5.41, 5.74) is 4.87. The van der Waals surface area contributed by atoms with Crippen LogP contribution in [0.4, 0.5) is 11.5 Å². The van der Waals surface area contributed by atoms with Gasteiger partial charge in [-0.3, -0.25) is 19.2 Å². The Balaban J connectivity index is 1.21. The molecule has 3 N–H and O–H groups in total. The molecule has 2 unspecified atom stereocenters. The Morgan fingerprint density at radius 2 is 1.86 bits per heavy atom. The highest BCUT2D eigenvalue weighted by molar-refractivity contribution is 6.06. The van der Waals surface area contributed by atoms with Crippen molar-refractivity contribution in [3.8, 4) is 0 Å². The number of hydrogen-bond donors (Lipinski definition) is 3. The first-order chi connectivity index (χ1) is 20.8. The fourth-order valence-corrected chi connectivity index (χ4v) is 6.82. The van der Waals surface area contributed by atoms with Gasteiger partial charge in [0.2, 0.25) is 23.6 Å². The van der Waals surface area contributed by atoms with Crippen LogP contribution in [0.5, 0.6) is 0 Å². The molecule has 1 fully saturated rings. The van der Waals surface area contributed by atoms with E-state index in [2.05, 4.69) is 20.9 Å². The standard InChI is InChI=1S/C33H36N6O4/c1-21(40)39-14-6-10-28(39)31(42)38(19-24-8-4-3-7-23(24)18-34-2)20-29(41)36-26-12-11-22-16-33(17-25(22)15-26)27-9-5-13-35-30(27)37-32(33)43/h3-5,7-9,11-13,15,28,34H,6,10,14,16-20H2,1-2H3,(H,36,41)(H,35,37,43). The van der Waals surface area contributed by atoms with Crippen LogP contribution in [0.1, 0.15) is 47.6 Å². The molecule has 0 radical (unpaired) electrons. The van der Waals surface area contributed by atoms with Crippen LogP contribution < -0.4 is 16.0 Å². The topological polar surface area (TPSA) is 124 Å². The number of nitrogens with zero attached hydrogens (tertiary/aromatic N) is 3. The van der Waals surface area contributed by atoms with E-state index in [-0.39, 0.29) is 36.7 Å². The lowest BCUT2D eigenvalue weighted by atomic mass is 9.79. The number of anilines is 2. The first-order valence-electron chi connectivity index (χ1n) is 14.7. The molecule has 43 heavy (non-hydrogen) atoms. The number of hydrogen-bond acceptors (Lipinski definition) is 6. The second-order valence-electron chi connectivity index (χ2n) is 11.7. The summed E-state index contributed by atoms with van der Waals surface area (Å²) in [7, 11) is 1.86. The summed E-state index contributed by atoms with van der Waals surface area (Å²) < 4.78 is 0. The van der Waals surface area contributed by atoms with Crippen molar-refractivity contribution >= 4 is 35.1 Å². The van der Waals surface area contributed by atoms with Gasteiger partial charge in [0.05, 0.1) is 5.41 Å². The average Bonchev–Trinajstić information content (AvgIpc) is 3.70. The van der Waals surface area contributed by atoms with E-state index in [1.807, 2.05) is 61.6 Å². The quantitative estimate of drug-likeness (QED) is 0.377. The maximum absolute atomic E-state index is 13.8. The largest absolute Gasteiger partial charge is 0.331 e. The number of benzene rings is 2. The van der Waals surface area contributed by atoms with Crippen molar-refractivity contribution in [2.45, 2.75) is 57.2 Å². The Morgan fingerprint density at radius 1 is 1.07 bits per heavy atom. The smallest absolute Gasteiger partial charge is 0.246 e. The number of carbonyl (C=O) groups is 4. The van der Waals surface area contributed by atoms with E-state index >= 15 is 0 Å². The molecule has 222 valence electrons. The molecule has 3 aliphatic rings. The summed E-state index contributed by atoms with van der Waals surface area (Å²) in [5.74, 6) is -0.131. The fourth-order valence-electron chi connectivity index (χ4n) is 6.82. The molecular formula is C33H36N6O4. The Morgan fingerprint density at radius 3 is 2.65 bits per heavy atom. The predicted molar refractivity (Wildman–Crippen MR) is 162 cm³/mol. The minimum Gasteiger partial charge on any atom is -0.331 e. The highest BCUT2D eigenvalue weighted by Crippen LogP contribution is 2.46. The second kappa shape index (κ2) is 11.6. The molecule has 2 atom stereocenters. The lowest BCUT2D eigenvalue weighted by Gasteiger charge is -2.30. The molecule has 10 heteroatoms. The number of pyridine rings is 1. The van der Waals surface area contributed by atoms with Crippen LogP contribution in [0.3, 0.4) is 0 Å². The second-order valence-corrected chi connectivity index (χ2v) is 11.7. The van der Waals surface area contributed by atoms with Crippen LogP contribution in [0, 0.1) is 0 Å². The zero-order chi connectivity index (χ0) is 30.1. The Bertz CT molecular complexity index is 1610. The van der Waals surface area contributed by atoms with Crippen molar-refractivity contribution in [3.05, 3.63) is 88.6 Å². The lowest BCUT2D eigenvalue weighted by molar-refractivity contribution is -0.144. The number of rotatable bonds is 8. The van der Waals surface area contributed by atoms with Crippen molar-refractivity contribution in [2.75, 3.05) is 30.8 Å². The fraction of sp³-hybridized carbons (Fsp3) is 0.364. The van der Waals surface area contributed by atoms with Crippen LogP contribution in [0.25, 0.3) is 0 Å². The van der Waals surface area contributed by atoms with Gasteiger partial charge >= 0.3 is 0 Å². The number of fused-ring (bicyclic) bond motifs is 3. The molecule has 3 heterocycles. The lowest BCUT2D eigenvalue weighted by Crippen LogP contribution is -2.49. The van der Waals surface area contributed by atoms with E-state index < -0.39 is 11.5 Å². The molecule has 1 aromatic heterocycles. The number of carbonyl (C=O) groups excluding carboxylic acids is 4. The zero-order valence-corrected chi connectivity index (χ0v) is 24.5. The van der Waals surface area contributed by atoms with E-state index in [1.54, 1.807) is 16.0 Å². The monoisotopic (exact) mass is 580 g/mol. The van der Waals surface area contributed by atoms with Gasteiger partial charge in [-0.25, -0.2) is 4.98 Å². The molecule has 0 saturated carbocycles. The van der Waals surface area contributed by atoms with Crippen molar-refractivity contribution in [1.82, 2.24) is 20.1 Å². The number of likely N-dealkylation sites (tertiary alicyclic amines) is 1. The van der Waals surface area contributed by atoms with Crippen LogP contribution in [-0.4, -0.2) is 64.6 Å². The van der Waals surface area contributed by atoms with Gasteiger partial charge in [-0.15, -0.1) is 0 Å². The van der Waals surface area contributed by atoms with E-state index in [9.17, 15) is 19.2 Å². The normalized spacial score (nSPS) is 20.1. The van der Waals surface area contributed by atoms with E-state index in [0.29, 0.717) is 43.9 Å². The van der Waals surface area contributed by atoms with Crippen LogP contribution >= 0.6 is 0 Å². The summed E-state index contributed by atoms with van der Waals surface area (Å²) in [6.07, 6.45) is 4.09. The van der Waals surface area contributed by atoms with Gasteiger partial charge in [-0.1, -0.05) is 36.4 Å². The maximum atomic E-state index is 13.8. The van der Waals surface area contributed by atoms with Gasteiger partial charge in [0.25, 0.3) is 0 Å². The van der Waals surface area contributed by atoms with Crippen LogP contribution in [-0.2, 0) is 50.5 Å². The molecule has 2 aromatic carbocycles. The SMILES string of the molecule is CNCc1ccccc1CN(CC(=O)Nc1ccc2c(c1)CC1(C2)C(=O)Nc2ncccc21)C(=O)C1CCCN1C(C)=O. The summed E-state index contributed by atoms with van der Waals surface area (Å²) in [6, 6.07) is 16.8. The molecule has 1 aliphatic carbocycles. The molecule has 6 rings (SSSR count). The van der Waals surface area contributed by atoms with E-state index in [4.69, 9.17) is 0 Å². The number of aromatic nitrogens is 1. The molecule has 1 saturated heterocycles. The molecule has 3 aromatic rings. The summed E-state index contributed by atoms with van der Waals surface area (Å²) in [5, 5.41) is 9.06. The van der Waals surface area contributed by atoms with Gasteiger partial charge in [0.15, 0.2) is 0 Å². The Hall–Kier alpha value is -4.57. The Kier molecular flexibility index (Phi) is 7.70. The molecule has 4 amide bonds. The third-order valence-electron chi connectivity index (χ3n) is 8.90. The molecule has 10 nitrogen and oxygen atoms in total. The number of amides is 4. The minimum atomic E-state index is -0.692. The average molecular weight is 581 g/mol. The molecule has 1 spiro atoms. The number of nitrogens with one attached hydrogen (secondary N) is 3. The highest BCUT2D eigenvalue weighted by atomic mass is 16.2. The van der Waals surface area contributed by atoms with Crippen molar-refractivity contribution in [2.24, 2.45) is 0 Å². The van der Waals surface area contributed by atoms with E-state index in [1.165, 1.54) is 6.92 Å². The summed E-state index contributed by atoms with van der Waals surface area (Å²) in [6.45, 7) is 2.74. The van der Waals surface area contributed by atoms with Gasteiger partial charge in [-0.2, -0.15) is 0 Å². The Labute approximate surface area is 250 Å². The maximum Gasteiger partial charge on any atom is 0.246 e. The minimum absolute atomic E-state index is 0.0535. The molecular weight excluding hydrogens is 544 g/mol. The van der Waals surface area contributed by atoms with E-state index in [0.717, 1.165) is 34.2 Å². The van der Waals surface area contributed by atoms with Gasteiger partial charge in [0, 0.05) is 44.0 Å². The molecule has 0 bridgehead atoms. The molecule has 2 aliphatic heterocycles. The van der Waals surface area contributed by atoms with Gasteiger partial charge < -0.3 is 25.8 Å². The summed E-state index contributed by atoms with van der Waals surface area (Å²) in [4.78, 5) is 60.1. The van der Waals surface area contributed by atoms with Crippen molar-refractivity contribution in [1.29, 1.82) is 0 Å². The zero-order valence-electron chi connectivity index (χ0n) is 24.5. The third-order valence-corrected chi connectivity index (χ3v) is 8.90. The van der Waals surface area contributed by atoms with Gasteiger partial charge in [-0.05, 0) is 73.2 Å². The predicted octanol–water partition coefficient (Wildman–Crippen LogP) is 2.77. The van der Waals surface area contributed by atoms with Gasteiger partial charge in [0.1, 0.15) is 18.4 Å². The third kappa shape index (κ3) is 5.38. The van der Waals surface area contributed by atoms with Crippen LogP contribution in [0.15, 0.2) is 60.8 Å². The van der Waals surface area contributed by atoms with Crippen LogP contribution in [0.2, 0.25) is 0 Å². The highest BCUT2D eigenvalue weighted by Gasteiger charge is 2.51. The van der Waals surface area contributed by atoms with Crippen molar-refractivity contribution < 1.29 is 19.2 Å². The summed E-state index contributed by atoms with van der Waals surface area (Å²) >= 11 is 0. The first kappa shape index (κ1) is 28.5. The van der Waals surface area contributed by atoms with Crippen molar-refractivity contribution in [3.63, 3.8) is 0 Å².